The molecule has 6 heteroatoms. The van der Waals surface area contributed by atoms with Crippen LogP contribution < -0.4 is 10.5 Å². The lowest BCUT2D eigenvalue weighted by Crippen LogP contribution is -2.18. The van der Waals surface area contributed by atoms with Gasteiger partial charge in [-0.3, -0.25) is 0 Å². The van der Waals surface area contributed by atoms with Gasteiger partial charge in [0.1, 0.15) is 5.75 Å². The van der Waals surface area contributed by atoms with Crippen molar-refractivity contribution in [1.82, 2.24) is 10.2 Å². The summed E-state index contributed by atoms with van der Waals surface area (Å²) in [5, 5.41) is 20.0. The maximum Gasteiger partial charge on any atom is 0.250 e. The molecule has 0 bridgehead atoms. The first kappa shape index (κ1) is 13.8. The summed E-state index contributed by atoms with van der Waals surface area (Å²) in [7, 11) is 0. The molecule has 6 nitrogen and oxygen atoms in total. The number of aryl methyl sites for hydroxylation is 2. The van der Waals surface area contributed by atoms with E-state index in [1.54, 1.807) is 6.92 Å². The van der Waals surface area contributed by atoms with Crippen molar-refractivity contribution in [3.63, 3.8) is 0 Å². The summed E-state index contributed by atoms with van der Waals surface area (Å²) in [6.45, 7) is 5.54. The number of aromatic nitrogens is 2. The van der Waals surface area contributed by atoms with Gasteiger partial charge in [-0.25, -0.2) is 0 Å². The van der Waals surface area contributed by atoms with Crippen molar-refractivity contribution in [2.24, 2.45) is 10.9 Å². The van der Waals surface area contributed by atoms with Crippen LogP contribution in [0.15, 0.2) is 29.4 Å². The SMILES string of the molecule is Cc1ccccc1Oc1nnc(C)c(C)c1/C(N)=N/O. The zero-order valence-corrected chi connectivity index (χ0v) is 11.6. The maximum atomic E-state index is 8.91. The molecule has 0 aliphatic rings. The molecule has 1 aromatic heterocycles. The van der Waals surface area contributed by atoms with Gasteiger partial charge in [-0.05, 0) is 38.0 Å². The molecule has 0 spiro atoms. The number of hydrogen-bond donors (Lipinski definition) is 2. The predicted molar refractivity (Wildman–Crippen MR) is 75.3 cm³/mol. The Hall–Kier alpha value is -2.63. The normalized spacial score (nSPS) is 11.4. The van der Waals surface area contributed by atoms with Gasteiger partial charge >= 0.3 is 0 Å². The second-order valence-corrected chi connectivity index (χ2v) is 4.44. The van der Waals surface area contributed by atoms with Gasteiger partial charge in [-0.15, -0.1) is 5.10 Å². The highest BCUT2D eigenvalue weighted by Crippen LogP contribution is 2.27. The molecule has 2 rings (SSSR count). The van der Waals surface area contributed by atoms with Crippen molar-refractivity contribution < 1.29 is 9.94 Å². The lowest BCUT2D eigenvalue weighted by atomic mass is 10.1. The van der Waals surface area contributed by atoms with Gasteiger partial charge in [0.05, 0.1) is 11.3 Å². The molecule has 0 unspecified atom stereocenters. The summed E-state index contributed by atoms with van der Waals surface area (Å²) in [5.74, 6) is 0.818. The number of nitrogens with zero attached hydrogens (tertiary/aromatic N) is 3. The van der Waals surface area contributed by atoms with Gasteiger partial charge in [0.25, 0.3) is 0 Å². The van der Waals surface area contributed by atoms with E-state index in [1.165, 1.54) is 0 Å². The second kappa shape index (κ2) is 5.56. The van der Waals surface area contributed by atoms with Crippen LogP contribution in [0.25, 0.3) is 0 Å². The Morgan fingerprint density at radius 1 is 1.20 bits per heavy atom. The minimum atomic E-state index is -0.0518. The number of benzene rings is 1. The van der Waals surface area contributed by atoms with Crippen LogP contribution >= 0.6 is 0 Å². The van der Waals surface area contributed by atoms with Crippen molar-refractivity contribution >= 4 is 5.84 Å². The van der Waals surface area contributed by atoms with Gasteiger partial charge in [0, 0.05) is 0 Å². The average Bonchev–Trinajstić information content (AvgIpc) is 2.45. The molecule has 2 aromatic rings. The van der Waals surface area contributed by atoms with Gasteiger partial charge in [0.15, 0.2) is 5.84 Å². The van der Waals surface area contributed by atoms with Crippen LogP contribution in [0.1, 0.15) is 22.4 Å². The highest BCUT2D eigenvalue weighted by molar-refractivity contribution is 6.00. The standard InChI is InChI=1S/C14H16N4O2/c1-8-6-4-5-7-11(8)20-14-12(13(15)18-19)9(2)10(3)16-17-14/h4-7,19H,1-3H3,(H2,15,18). The molecule has 0 saturated carbocycles. The Balaban J connectivity index is 2.53. The first-order valence-electron chi connectivity index (χ1n) is 6.10. The first-order chi connectivity index (χ1) is 9.54. The summed E-state index contributed by atoms with van der Waals surface area (Å²) >= 11 is 0. The molecular formula is C14H16N4O2. The van der Waals surface area contributed by atoms with E-state index in [0.717, 1.165) is 11.1 Å². The number of hydrogen-bond acceptors (Lipinski definition) is 5. The molecule has 0 aliphatic carbocycles. The Labute approximate surface area is 116 Å². The van der Waals surface area contributed by atoms with Crippen LogP contribution in [0.3, 0.4) is 0 Å². The summed E-state index contributed by atoms with van der Waals surface area (Å²) in [6, 6.07) is 7.52. The van der Waals surface area contributed by atoms with Crippen molar-refractivity contribution in [1.29, 1.82) is 0 Å². The first-order valence-corrected chi connectivity index (χ1v) is 6.10. The Morgan fingerprint density at radius 3 is 2.55 bits per heavy atom. The Bertz CT molecular complexity index is 668. The zero-order chi connectivity index (χ0) is 14.7. The van der Waals surface area contributed by atoms with E-state index in [2.05, 4.69) is 15.4 Å². The fraction of sp³-hybridized carbons (Fsp3) is 0.214. The van der Waals surface area contributed by atoms with E-state index >= 15 is 0 Å². The van der Waals surface area contributed by atoms with Crippen LogP contribution in [0.5, 0.6) is 11.6 Å². The van der Waals surface area contributed by atoms with Crippen LogP contribution in [0.2, 0.25) is 0 Å². The number of amidine groups is 1. The average molecular weight is 272 g/mol. The lowest BCUT2D eigenvalue weighted by molar-refractivity contribution is 0.318. The molecule has 104 valence electrons. The monoisotopic (exact) mass is 272 g/mol. The lowest BCUT2D eigenvalue weighted by Gasteiger charge is -2.13. The molecular weight excluding hydrogens is 256 g/mol. The third kappa shape index (κ3) is 2.54. The molecule has 1 heterocycles. The summed E-state index contributed by atoms with van der Waals surface area (Å²) in [5.41, 5.74) is 8.57. The Kier molecular flexibility index (Phi) is 3.84. The predicted octanol–water partition coefficient (Wildman–Crippen LogP) is 2.29. The molecule has 0 atom stereocenters. The third-order valence-corrected chi connectivity index (χ3v) is 3.09. The summed E-state index contributed by atoms with van der Waals surface area (Å²) < 4.78 is 5.75. The number of oxime groups is 1. The molecule has 0 saturated heterocycles. The van der Waals surface area contributed by atoms with Crippen molar-refractivity contribution in [2.45, 2.75) is 20.8 Å². The van der Waals surface area contributed by atoms with E-state index in [-0.39, 0.29) is 11.7 Å². The number of nitrogens with two attached hydrogens (primary N) is 1. The number of ether oxygens (including phenoxy) is 1. The van der Waals surface area contributed by atoms with Crippen molar-refractivity contribution in [3.8, 4) is 11.6 Å². The minimum absolute atomic E-state index is 0.0518. The van der Waals surface area contributed by atoms with Gasteiger partial charge < -0.3 is 15.7 Å². The molecule has 20 heavy (non-hydrogen) atoms. The van der Waals surface area contributed by atoms with Crippen molar-refractivity contribution in [3.05, 3.63) is 46.6 Å². The van der Waals surface area contributed by atoms with Crippen LogP contribution in [0, 0.1) is 20.8 Å². The molecule has 0 aliphatic heterocycles. The van der Waals surface area contributed by atoms with E-state index in [4.69, 9.17) is 15.7 Å². The summed E-state index contributed by atoms with van der Waals surface area (Å²) in [6.07, 6.45) is 0. The quantitative estimate of drug-likeness (QED) is 0.387. The highest BCUT2D eigenvalue weighted by Gasteiger charge is 2.17. The van der Waals surface area contributed by atoms with Crippen LogP contribution in [0.4, 0.5) is 0 Å². The zero-order valence-electron chi connectivity index (χ0n) is 11.6. The van der Waals surface area contributed by atoms with E-state index in [1.807, 2.05) is 38.1 Å². The molecule has 0 radical (unpaired) electrons. The smallest absolute Gasteiger partial charge is 0.250 e. The molecule has 3 N–H and O–H groups in total. The van der Waals surface area contributed by atoms with Crippen LogP contribution in [-0.2, 0) is 0 Å². The van der Waals surface area contributed by atoms with Gasteiger partial charge in [-0.1, -0.05) is 23.4 Å². The van der Waals surface area contributed by atoms with Gasteiger partial charge in [-0.2, -0.15) is 5.10 Å². The molecule has 0 fully saturated rings. The fourth-order valence-corrected chi connectivity index (χ4v) is 1.78. The largest absolute Gasteiger partial charge is 0.437 e. The number of rotatable bonds is 3. The topological polar surface area (TPSA) is 93.6 Å². The van der Waals surface area contributed by atoms with Gasteiger partial charge in [0.2, 0.25) is 5.88 Å². The third-order valence-electron chi connectivity index (χ3n) is 3.09. The minimum Gasteiger partial charge on any atom is -0.437 e. The van der Waals surface area contributed by atoms with Crippen molar-refractivity contribution in [2.75, 3.05) is 0 Å². The number of para-hydroxylation sites is 1. The van der Waals surface area contributed by atoms with E-state index in [0.29, 0.717) is 17.0 Å². The maximum absolute atomic E-state index is 8.91. The second-order valence-electron chi connectivity index (χ2n) is 4.44. The molecule has 0 amide bonds. The highest BCUT2D eigenvalue weighted by atomic mass is 16.5. The van der Waals surface area contributed by atoms with E-state index < -0.39 is 0 Å². The van der Waals surface area contributed by atoms with Crippen LogP contribution in [-0.4, -0.2) is 21.2 Å². The molecule has 1 aromatic carbocycles. The van der Waals surface area contributed by atoms with E-state index in [9.17, 15) is 0 Å². The Morgan fingerprint density at radius 2 is 1.90 bits per heavy atom. The summed E-state index contributed by atoms with van der Waals surface area (Å²) in [4.78, 5) is 0. The fourth-order valence-electron chi connectivity index (χ4n) is 1.78.